The van der Waals surface area contributed by atoms with Gasteiger partial charge < -0.3 is 14.2 Å². The largest absolute Gasteiger partial charge is 0.494 e. The average Bonchev–Trinajstić information content (AvgIpc) is 3.29. The number of benzene rings is 1. The maximum absolute atomic E-state index is 5.50. The molecule has 1 aromatic carbocycles. The van der Waals surface area contributed by atoms with E-state index >= 15 is 0 Å². The van der Waals surface area contributed by atoms with Crippen LogP contribution in [0.4, 0.5) is 5.82 Å². The monoisotopic (exact) mass is 388 g/mol. The minimum atomic E-state index is 0.228. The molecule has 0 radical (unpaired) electrons. The zero-order chi connectivity index (χ0) is 19.6. The van der Waals surface area contributed by atoms with Crippen molar-refractivity contribution in [2.75, 3.05) is 25.1 Å². The molecule has 8 heteroatoms. The molecule has 1 fully saturated rings. The molecule has 29 heavy (non-hydrogen) atoms. The Morgan fingerprint density at radius 3 is 2.59 bits per heavy atom. The highest BCUT2D eigenvalue weighted by atomic mass is 16.5. The third-order valence-corrected chi connectivity index (χ3v) is 5.26. The van der Waals surface area contributed by atoms with Crippen LogP contribution < -0.4 is 9.64 Å². The van der Waals surface area contributed by atoms with E-state index in [1.165, 1.54) is 0 Å². The van der Waals surface area contributed by atoms with E-state index in [9.17, 15) is 0 Å². The van der Waals surface area contributed by atoms with Crippen LogP contribution >= 0.6 is 0 Å². The lowest BCUT2D eigenvalue weighted by Gasteiger charge is -2.31. The minimum Gasteiger partial charge on any atom is -0.494 e. The van der Waals surface area contributed by atoms with Crippen molar-refractivity contribution in [1.29, 1.82) is 0 Å². The summed E-state index contributed by atoms with van der Waals surface area (Å²) in [4.78, 5) is 20.0. The molecule has 1 saturated heterocycles. The maximum Gasteiger partial charge on any atom is 0.240 e. The summed E-state index contributed by atoms with van der Waals surface area (Å²) in [5.74, 6) is 3.55. The Morgan fingerprint density at radius 1 is 0.966 bits per heavy atom. The topological polar surface area (TPSA) is 90.1 Å². The number of aromatic nitrogens is 5. The van der Waals surface area contributed by atoms with E-state index < -0.39 is 0 Å². The summed E-state index contributed by atoms with van der Waals surface area (Å²) >= 11 is 0. The van der Waals surface area contributed by atoms with Crippen LogP contribution in [-0.2, 0) is 0 Å². The smallest absolute Gasteiger partial charge is 0.240 e. The van der Waals surface area contributed by atoms with Gasteiger partial charge in [-0.3, -0.25) is 0 Å². The van der Waals surface area contributed by atoms with Crippen LogP contribution in [0.25, 0.3) is 22.6 Å². The summed E-state index contributed by atoms with van der Waals surface area (Å²) in [7, 11) is 1.67. The SMILES string of the molecule is COc1cccc2ccc(N3CCC(c4nc(-c5ncccn5)no4)CC3)nc12. The van der Waals surface area contributed by atoms with Crippen LogP contribution in [0.15, 0.2) is 53.3 Å². The molecule has 0 unspecified atom stereocenters. The second-order valence-corrected chi connectivity index (χ2v) is 6.99. The Bertz CT molecular complexity index is 1120. The number of piperidine rings is 1. The third kappa shape index (κ3) is 3.37. The first-order valence-electron chi connectivity index (χ1n) is 9.61. The number of anilines is 1. The number of para-hydroxylation sites is 1. The zero-order valence-corrected chi connectivity index (χ0v) is 16.0. The molecule has 1 aliphatic heterocycles. The van der Waals surface area contributed by atoms with Crippen LogP contribution in [0.5, 0.6) is 5.75 Å². The Hall–Kier alpha value is -3.55. The molecule has 0 N–H and O–H groups in total. The second kappa shape index (κ2) is 7.46. The van der Waals surface area contributed by atoms with Gasteiger partial charge in [0.25, 0.3) is 0 Å². The Labute approximate surface area is 167 Å². The number of hydrogen-bond donors (Lipinski definition) is 0. The van der Waals surface area contributed by atoms with Crippen molar-refractivity contribution < 1.29 is 9.26 Å². The predicted octanol–water partition coefficient (Wildman–Crippen LogP) is 3.47. The van der Waals surface area contributed by atoms with Crippen molar-refractivity contribution in [3.63, 3.8) is 0 Å². The fourth-order valence-electron chi connectivity index (χ4n) is 3.71. The summed E-state index contributed by atoms with van der Waals surface area (Å²) in [5.41, 5.74) is 0.888. The first-order valence-corrected chi connectivity index (χ1v) is 9.61. The van der Waals surface area contributed by atoms with Gasteiger partial charge in [0.2, 0.25) is 17.5 Å². The van der Waals surface area contributed by atoms with E-state index in [0.717, 1.165) is 48.4 Å². The summed E-state index contributed by atoms with van der Waals surface area (Å²) < 4.78 is 11.0. The molecule has 0 bridgehead atoms. The molecular formula is C21H20N6O2. The number of ether oxygens (including phenoxy) is 1. The average molecular weight is 388 g/mol. The summed E-state index contributed by atoms with van der Waals surface area (Å²) in [6, 6.07) is 11.9. The lowest BCUT2D eigenvalue weighted by Crippen LogP contribution is -2.33. The van der Waals surface area contributed by atoms with Crippen LogP contribution in [0, 0.1) is 0 Å². The number of methoxy groups -OCH3 is 1. The molecular weight excluding hydrogens is 368 g/mol. The minimum absolute atomic E-state index is 0.228. The zero-order valence-electron chi connectivity index (χ0n) is 16.0. The van der Waals surface area contributed by atoms with E-state index in [1.54, 1.807) is 25.6 Å². The number of pyridine rings is 1. The van der Waals surface area contributed by atoms with Crippen LogP contribution in [-0.4, -0.2) is 45.3 Å². The first-order chi connectivity index (χ1) is 14.3. The molecule has 4 heterocycles. The molecule has 0 amide bonds. The van der Waals surface area contributed by atoms with E-state index in [-0.39, 0.29) is 5.92 Å². The first kappa shape index (κ1) is 17.5. The van der Waals surface area contributed by atoms with Crippen molar-refractivity contribution in [1.82, 2.24) is 25.1 Å². The lowest BCUT2D eigenvalue weighted by atomic mass is 9.97. The number of rotatable bonds is 4. The van der Waals surface area contributed by atoms with Gasteiger partial charge in [-0.15, -0.1) is 0 Å². The standard InChI is InChI=1S/C21H20N6O2/c1-28-16-5-2-4-14-6-7-17(24-18(14)16)27-12-8-15(9-13-27)21-25-20(26-29-21)19-22-10-3-11-23-19/h2-7,10-11,15H,8-9,12-13H2,1H3. The number of nitrogens with zero attached hydrogens (tertiary/aromatic N) is 6. The van der Waals surface area contributed by atoms with Crippen molar-refractivity contribution in [3.05, 3.63) is 54.7 Å². The summed E-state index contributed by atoms with van der Waals surface area (Å²) in [6.07, 6.45) is 5.18. The molecule has 0 atom stereocenters. The van der Waals surface area contributed by atoms with E-state index in [4.69, 9.17) is 14.2 Å². The van der Waals surface area contributed by atoms with Gasteiger partial charge in [-0.2, -0.15) is 4.98 Å². The molecule has 8 nitrogen and oxygen atoms in total. The molecule has 3 aromatic heterocycles. The van der Waals surface area contributed by atoms with Crippen molar-refractivity contribution in [3.8, 4) is 17.4 Å². The highest BCUT2D eigenvalue weighted by Crippen LogP contribution is 2.31. The van der Waals surface area contributed by atoms with E-state index in [0.29, 0.717) is 17.5 Å². The number of fused-ring (bicyclic) bond motifs is 1. The van der Waals surface area contributed by atoms with E-state index in [2.05, 4.69) is 37.1 Å². The van der Waals surface area contributed by atoms with Gasteiger partial charge in [0.1, 0.15) is 17.1 Å². The van der Waals surface area contributed by atoms with Gasteiger partial charge in [0.15, 0.2) is 0 Å². The van der Waals surface area contributed by atoms with Gasteiger partial charge >= 0.3 is 0 Å². The van der Waals surface area contributed by atoms with Gasteiger partial charge in [0, 0.05) is 36.8 Å². The molecule has 1 aliphatic rings. The Morgan fingerprint density at radius 2 is 1.79 bits per heavy atom. The molecule has 0 aliphatic carbocycles. The van der Waals surface area contributed by atoms with E-state index in [1.807, 2.05) is 18.2 Å². The Kier molecular flexibility index (Phi) is 4.51. The van der Waals surface area contributed by atoms with Crippen molar-refractivity contribution >= 4 is 16.7 Å². The van der Waals surface area contributed by atoms with Gasteiger partial charge in [-0.05, 0) is 37.1 Å². The summed E-state index contributed by atoms with van der Waals surface area (Å²) in [6.45, 7) is 1.75. The number of hydrogen-bond acceptors (Lipinski definition) is 8. The van der Waals surface area contributed by atoms with Crippen LogP contribution in [0.2, 0.25) is 0 Å². The van der Waals surface area contributed by atoms with Crippen molar-refractivity contribution in [2.24, 2.45) is 0 Å². The molecule has 5 rings (SSSR count). The molecule has 146 valence electrons. The highest BCUT2D eigenvalue weighted by molar-refractivity contribution is 5.86. The van der Waals surface area contributed by atoms with Crippen LogP contribution in [0.1, 0.15) is 24.7 Å². The predicted molar refractivity (Wildman–Crippen MR) is 108 cm³/mol. The van der Waals surface area contributed by atoms with Crippen molar-refractivity contribution in [2.45, 2.75) is 18.8 Å². The van der Waals surface area contributed by atoms with Gasteiger partial charge in [-0.1, -0.05) is 17.3 Å². The van der Waals surface area contributed by atoms with Crippen LogP contribution in [0.3, 0.4) is 0 Å². The second-order valence-electron chi connectivity index (χ2n) is 6.99. The third-order valence-electron chi connectivity index (χ3n) is 5.26. The fraction of sp³-hybridized carbons (Fsp3) is 0.286. The Balaban J connectivity index is 1.31. The maximum atomic E-state index is 5.50. The molecule has 0 spiro atoms. The summed E-state index contributed by atoms with van der Waals surface area (Å²) in [5, 5.41) is 5.11. The highest BCUT2D eigenvalue weighted by Gasteiger charge is 2.26. The fourth-order valence-corrected chi connectivity index (χ4v) is 3.71. The lowest BCUT2D eigenvalue weighted by molar-refractivity contribution is 0.329. The normalized spacial score (nSPS) is 15.0. The molecule has 0 saturated carbocycles. The van der Waals surface area contributed by atoms with Gasteiger partial charge in [0.05, 0.1) is 7.11 Å². The molecule has 4 aromatic rings. The van der Waals surface area contributed by atoms with Gasteiger partial charge in [-0.25, -0.2) is 15.0 Å². The quantitative estimate of drug-likeness (QED) is 0.525.